The van der Waals surface area contributed by atoms with Gasteiger partial charge in [0, 0.05) is 24.2 Å². The van der Waals surface area contributed by atoms with Crippen molar-refractivity contribution in [3.8, 4) is 11.4 Å². The predicted molar refractivity (Wildman–Crippen MR) is 117 cm³/mol. The molecule has 1 aromatic carbocycles. The summed E-state index contributed by atoms with van der Waals surface area (Å²) in [4.78, 5) is 33.6. The first kappa shape index (κ1) is 23.4. The second kappa shape index (κ2) is 9.49. The lowest BCUT2D eigenvalue weighted by atomic mass is 10.0. The number of anilines is 2. The van der Waals surface area contributed by atoms with Gasteiger partial charge in [-0.1, -0.05) is 30.1 Å². The average Bonchev–Trinajstić information content (AvgIpc) is 2.74. The van der Waals surface area contributed by atoms with Crippen LogP contribution in [0.2, 0.25) is 10.0 Å². The third kappa shape index (κ3) is 4.66. The number of amides is 1. The third-order valence-electron chi connectivity index (χ3n) is 4.62. The molecule has 3 rings (SSSR count). The van der Waals surface area contributed by atoms with Gasteiger partial charge < -0.3 is 15.8 Å². The fraction of sp³-hybridized carbons (Fsp3) is 0.200. The number of nitrogens with zero attached hydrogens (tertiary/aromatic N) is 3. The fourth-order valence-electron chi connectivity index (χ4n) is 2.84. The topological polar surface area (TPSA) is 112 Å². The van der Waals surface area contributed by atoms with E-state index in [0.717, 1.165) is 10.9 Å². The SMILES string of the molecule is COc1cc(Cl)c(-n2cnc(N)c(C(=O)Nc3cncc([C@@H](C)C(F)F)c3)c2=O)c(Cl)c1. The van der Waals surface area contributed by atoms with E-state index in [1.807, 2.05) is 0 Å². The molecule has 0 aliphatic carbocycles. The number of ether oxygens (including phenoxy) is 1. The number of nitrogens with two attached hydrogens (primary N) is 1. The highest BCUT2D eigenvalue weighted by Gasteiger charge is 2.22. The van der Waals surface area contributed by atoms with Gasteiger partial charge in [-0.05, 0) is 11.6 Å². The molecule has 1 atom stereocenters. The number of carbonyl (C=O) groups excluding carboxylic acids is 1. The number of rotatable bonds is 6. The number of benzene rings is 1. The van der Waals surface area contributed by atoms with E-state index in [1.165, 1.54) is 44.6 Å². The first-order chi connectivity index (χ1) is 15.1. The number of pyridine rings is 1. The van der Waals surface area contributed by atoms with Crippen LogP contribution in [0.25, 0.3) is 5.69 Å². The van der Waals surface area contributed by atoms with Crippen LogP contribution in [0.4, 0.5) is 20.3 Å². The van der Waals surface area contributed by atoms with Gasteiger partial charge in [0.1, 0.15) is 23.5 Å². The van der Waals surface area contributed by atoms with Gasteiger partial charge in [-0.3, -0.25) is 19.1 Å². The van der Waals surface area contributed by atoms with E-state index in [0.29, 0.717) is 5.75 Å². The Morgan fingerprint density at radius 3 is 2.47 bits per heavy atom. The van der Waals surface area contributed by atoms with Crippen LogP contribution in [0.5, 0.6) is 5.75 Å². The lowest BCUT2D eigenvalue weighted by Gasteiger charge is -2.14. The maximum Gasteiger partial charge on any atom is 0.273 e. The van der Waals surface area contributed by atoms with E-state index in [4.69, 9.17) is 33.7 Å². The molecule has 1 amide bonds. The highest BCUT2D eigenvalue weighted by atomic mass is 35.5. The van der Waals surface area contributed by atoms with Crippen LogP contribution in [-0.4, -0.2) is 34.0 Å². The van der Waals surface area contributed by atoms with Crippen LogP contribution in [0.15, 0.2) is 41.7 Å². The van der Waals surface area contributed by atoms with Crippen molar-refractivity contribution in [2.24, 2.45) is 0 Å². The van der Waals surface area contributed by atoms with Crippen LogP contribution in [-0.2, 0) is 0 Å². The first-order valence-corrected chi connectivity index (χ1v) is 9.84. The number of nitrogen functional groups attached to an aromatic ring is 1. The largest absolute Gasteiger partial charge is 0.497 e. The molecule has 0 saturated carbocycles. The Hall–Kier alpha value is -3.24. The molecule has 0 saturated heterocycles. The van der Waals surface area contributed by atoms with Crippen molar-refractivity contribution >= 4 is 40.6 Å². The Balaban J connectivity index is 2.01. The molecular formula is C20H17Cl2F2N5O3. The number of hydrogen-bond acceptors (Lipinski definition) is 6. The monoisotopic (exact) mass is 483 g/mol. The highest BCUT2D eigenvalue weighted by Crippen LogP contribution is 2.32. The van der Waals surface area contributed by atoms with Crippen LogP contribution < -0.4 is 21.3 Å². The molecule has 0 fully saturated rings. The van der Waals surface area contributed by atoms with Crippen molar-refractivity contribution in [2.45, 2.75) is 19.3 Å². The minimum atomic E-state index is -2.61. The molecular weight excluding hydrogens is 467 g/mol. The quantitative estimate of drug-likeness (QED) is 0.544. The number of nitrogens with one attached hydrogen (secondary N) is 1. The molecule has 12 heteroatoms. The van der Waals surface area contributed by atoms with Crippen LogP contribution >= 0.6 is 23.2 Å². The first-order valence-electron chi connectivity index (χ1n) is 9.09. The second-order valence-electron chi connectivity index (χ2n) is 6.70. The minimum absolute atomic E-state index is 0.0762. The number of halogens is 4. The van der Waals surface area contributed by atoms with Gasteiger partial charge in [-0.25, -0.2) is 13.8 Å². The third-order valence-corrected chi connectivity index (χ3v) is 5.19. The van der Waals surface area contributed by atoms with Crippen LogP contribution in [0.3, 0.4) is 0 Å². The van der Waals surface area contributed by atoms with E-state index in [-0.39, 0.29) is 32.8 Å². The van der Waals surface area contributed by atoms with Gasteiger partial charge >= 0.3 is 0 Å². The van der Waals surface area contributed by atoms with Gasteiger partial charge in [0.15, 0.2) is 0 Å². The molecule has 3 aromatic rings. The Labute approximate surface area is 191 Å². The molecule has 0 unspecified atom stereocenters. The highest BCUT2D eigenvalue weighted by molar-refractivity contribution is 6.38. The lowest BCUT2D eigenvalue weighted by molar-refractivity contribution is 0.102. The molecule has 2 heterocycles. The number of aromatic nitrogens is 3. The van der Waals surface area contributed by atoms with Crippen molar-refractivity contribution in [1.82, 2.24) is 14.5 Å². The fourth-order valence-corrected chi connectivity index (χ4v) is 3.49. The van der Waals surface area contributed by atoms with Gasteiger partial charge in [-0.2, -0.15) is 0 Å². The number of alkyl halides is 2. The van der Waals surface area contributed by atoms with E-state index in [1.54, 1.807) is 0 Å². The Kier molecular flexibility index (Phi) is 6.95. The van der Waals surface area contributed by atoms with Crippen molar-refractivity contribution in [3.05, 3.63) is 68.4 Å². The second-order valence-corrected chi connectivity index (χ2v) is 7.52. The summed E-state index contributed by atoms with van der Waals surface area (Å²) in [6.07, 6.45) is 0.997. The summed E-state index contributed by atoms with van der Waals surface area (Å²) in [6.45, 7) is 1.33. The number of hydrogen-bond donors (Lipinski definition) is 2. The standard InChI is InChI=1S/C20H17Cl2F2N5O3/c1-9(17(23)24)10-3-11(7-26-6-10)28-19(30)15-18(25)27-8-29(20(15)31)16-13(21)4-12(32-2)5-14(16)22/h3-9,17H,25H2,1-2H3,(H,28,30)/t9-/m1/s1. The summed E-state index contributed by atoms with van der Waals surface area (Å²) in [7, 11) is 1.42. The van der Waals surface area contributed by atoms with Gasteiger partial charge in [0.2, 0.25) is 6.43 Å². The number of carbonyl (C=O) groups is 1. The molecule has 0 aliphatic rings. The normalized spacial score (nSPS) is 12.0. The average molecular weight is 484 g/mol. The van der Waals surface area contributed by atoms with Crippen molar-refractivity contribution in [3.63, 3.8) is 0 Å². The van der Waals surface area contributed by atoms with E-state index in [9.17, 15) is 18.4 Å². The summed E-state index contributed by atoms with van der Waals surface area (Å²) in [5.41, 5.74) is 4.85. The molecule has 2 aromatic heterocycles. The van der Waals surface area contributed by atoms with Gasteiger partial charge in [-0.15, -0.1) is 0 Å². The van der Waals surface area contributed by atoms with E-state index >= 15 is 0 Å². The predicted octanol–water partition coefficient (Wildman–Crippen LogP) is 4.15. The molecule has 0 radical (unpaired) electrons. The summed E-state index contributed by atoms with van der Waals surface area (Å²) in [5.74, 6) is -1.98. The van der Waals surface area contributed by atoms with Crippen molar-refractivity contribution in [2.75, 3.05) is 18.2 Å². The van der Waals surface area contributed by atoms with Gasteiger partial charge in [0.25, 0.3) is 11.5 Å². The zero-order valence-corrected chi connectivity index (χ0v) is 18.3. The van der Waals surface area contributed by atoms with Crippen LogP contribution in [0.1, 0.15) is 28.8 Å². The molecule has 3 N–H and O–H groups in total. The van der Waals surface area contributed by atoms with Crippen molar-refractivity contribution in [1.29, 1.82) is 0 Å². The maximum atomic E-state index is 13.1. The molecule has 0 spiro atoms. The summed E-state index contributed by atoms with van der Waals surface area (Å²) in [6, 6.07) is 4.21. The van der Waals surface area contributed by atoms with Crippen LogP contribution in [0, 0.1) is 0 Å². The summed E-state index contributed by atoms with van der Waals surface area (Å²) < 4.78 is 32.0. The molecule has 0 bridgehead atoms. The number of methoxy groups -OCH3 is 1. The molecule has 8 nitrogen and oxygen atoms in total. The smallest absolute Gasteiger partial charge is 0.273 e. The zero-order valence-electron chi connectivity index (χ0n) is 16.8. The van der Waals surface area contributed by atoms with E-state index < -0.39 is 29.4 Å². The van der Waals surface area contributed by atoms with E-state index in [2.05, 4.69) is 15.3 Å². The zero-order chi connectivity index (χ0) is 23.6. The molecule has 168 valence electrons. The van der Waals surface area contributed by atoms with Crippen molar-refractivity contribution < 1.29 is 18.3 Å². The van der Waals surface area contributed by atoms with Gasteiger partial charge in [0.05, 0.1) is 34.7 Å². The summed E-state index contributed by atoms with van der Waals surface area (Å²) >= 11 is 12.5. The minimum Gasteiger partial charge on any atom is -0.497 e. The lowest BCUT2D eigenvalue weighted by Crippen LogP contribution is -2.31. The molecule has 32 heavy (non-hydrogen) atoms. The Bertz CT molecular complexity index is 1210. The molecule has 0 aliphatic heterocycles. The Morgan fingerprint density at radius 2 is 1.88 bits per heavy atom. The maximum absolute atomic E-state index is 13.1. The Morgan fingerprint density at radius 1 is 1.22 bits per heavy atom. The summed E-state index contributed by atoms with van der Waals surface area (Å²) in [5, 5.41) is 2.59.